The van der Waals surface area contributed by atoms with Gasteiger partial charge in [-0.15, -0.1) is 0 Å². The summed E-state index contributed by atoms with van der Waals surface area (Å²) in [4.78, 5) is 11.7. The third-order valence-electron chi connectivity index (χ3n) is 2.27. The molecule has 0 saturated carbocycles. The molecule has 2 aromatic rings. The van der Waals surface area contributed by atoms with Gasteiger partial charge in [0.05, 0.1) is 12.3 Å². The first-order valence-corrected chi connectivity index (χ1v) is 5.30. The van der Waals surface area contributed by atoms with Crippen molar-refractivity contribution in [2.45, 2.75) is 0 Å². The number of aromatic nitrogens is 2. The number of rotatable bonds is 4. The molecule has 1 amide bonds. The maximum absolute atomic E-state index is 11.7. The van der Waals surface area contributed by atoms with E-state index in [0.717, 1.165) is 5.69 Å². The molecule has 0 bridgehead atoms. The van der Waals surface area contributed by atoms with E-state index in [2.05, 4.69) is 10.4 Å². The summed E-state index contributed by atoms with van der Waals surface area (Å²) >= 11 is 0. The summed E-state index contributed by atoms with van der Waals surface area (Å²) in [6.45, 7) is 0.190. The lowest BCUT2D eigenvalue weighted by molar-refractivity contribution is 0.0944. The molecule has 0 aliphatic carbocycles. The SMILES string of the molecule is O=C(NCCO)c1cccc(-n2cccn2)c1. The fourth-order valence-electron chi connectivity index (χ4n) is 1.48. The monoisotopic (exact) mass is 231 g/mol. The van der Waals surface area contributed by atoms with Gasteiger partial charge >= 0.3 is 0 Å². The van der Waals surface area contributed by atoms with E-state index in [4.69, 9.17) is 5.11 Å². The summed E-state index contributed by atoms with van der Waals surface area (Å²) in [6, 6.07) is 8.96. The topological polar surface area (TPSA) is 67.2 Å². The van der Waals surface area contributed by atoms with Crippen molar-refractivity contribution in [1.29, 1.82) is 0 Å². The Kier molecular flexibility index (Phi) is 3.52. The van der Waals surface area contributed by atoms with Gasteiger partial charge in [-0.2, -0.15) is 5.10 Å². The largest absolute Gasteiger partial charge is 0.395 e. The minimum absolute atomic E-state index is 0.0649. The third kappa shape index (κ3) is 2.70. The van der Waals surface area contributed by atoms with Crippen LogP contribution in [0.5, 0.6) is 0 Å². The highest BCUT2D eigenvalue weighted by molar-refractivity contribution is 5.94. The second-order valence-corrected chi connectivity index (χ2v) is 3.48. The number of carbonyl (C=O) groups is 1. The zero-order chi connectivity index (χ0) is 12.1. The smallest absolute Gasteiger partial charge is 0.251 e. The highest BCUT2D eigenvalue weighted by atomic mass is 16.3. The van der Waals surface area contributed by atoms with Crippen molar-refractivity contribution in [2.24, 2.45) is 0 Å². The third-order valence-corrected chi connectivity index (χ3v) is 2.27. The minimum Gasteiger partial charge on any atom is -0.395 e. The summed E-state index contributed by atoms with van der Waals surface area (Å²) in [5.41, 5.74) is 1.37. The zero-order valence-electron chi connectivity index (χ0n) is 9.21. The Balaban J connectivity index is 2.20. The van der Waals surface area contributed by atoms with Crippen LogP contribution in [0.3, 0.4) is 0 Å². The standard InChI is InChI=1S/C12H13N3O2/c16-8-6-13-12(17)10-3-1-4-11(9-10)15-7-2-5-14-15/h1-5,7,9,16H,6,8H2,(H,13,17). The van der Waals surface area contributed by atoms with Crippen LogP contribution in [-0.4, -0.2) is 33.9 Å². The van der Waals surface area contributed by atoms with E-state index in [1.54, 1.807) is 29.1 Å². The van der Waals surface area contributed by atoms with Crippen molar-refractivity contribution in [3.8, 4) is 5.69 Å². The average molecular weight is 231 g/mol. The number of hydrogen-bond acceptors (Lipinski definition) is 3. The second-order valence-electron chi connectivity index (χ2n) is 3.48. The van der Waals surface area contributed by atoms with Gasteiger partial charge in [-0.3, -0.25) is 4.79 Å². The van der Waals surface area contributed by atoms with Crippen molar-refractivity contribution >= 4 is 5.91 Å². The van der Waals surface area contributed by atoms with E-state index in [9.17, 15) is 4.79 Å². The van der Waals surface area contributed by atoms with Crippen LogP contribution in [0, 0.1) is 0 Å². The van der Waals surface area contributed by atoms with Gasteiger partial charge < -0.3 is 10.4 Å². The Morgan fingerprint density at radius 1 is 1.41 bits per heavy atom. The van der Waals surface area contributed by atoms with Gasteiger partial charge in [0, 0.05) is 24.5 Å². The number of benzene rings is 1. The summed E-state index contributed by atoms with van der Waals surface area (Å²) < 4.78 is 1.68. The number of nitrogens with zero attached hydrogens (tertiary/aromatic N) is 2. The highest BCUT2D eigenvalue weighted by Gasteiger charge is 2.05. The fraction of sp³-hybridized carbons (Fsp3) is 0.167. The Labute approximate surface area is 98.7 Å². The summed E-state index contributed by atoms with van der Waals surface area (Å²) in [6.07, 6.45) is 3.49. The van der Waals surface area contributed by atoms with Crippen molar-refractivity contribution < 1.29 is 9.90 Å². The van der Waals surface area contributed by atoms with E-state index >= 15 is 0 Å². The maximum atomic E-state index is 11.7. The number of aliphatic hydroxyl groups is 1. The molecule has 0 saturated heterocycles. The van der Waals surface area contributed by atoms with E-state index in [-0.39, 0.29) is 19.1 Å². The molecule has 0 spiro atoms. The molecular formula is C12H13N3O2. The Morgan fingerprint density at radius 2 is 2.29 bits per heavy atom. The first kappa shape index (κ1) is 11.3. The molecule has 2 rings (SSSR count). The van der Waals surface area contributed by atoms with Gasteiger partial charge in [0.1, 0.15) is 0 Å². The van der Waals surface area contributed by atoms with Crippen LogP contribution in [0.4, 0.5) is 0 Å². The van der Waals surface area contributed by atoms with Crippen LogP contribution < -0.4 is 5.32 Å². The number of amides is 1. The van der Waals surface area contributed by atoms with E-state index in [0.29, 0.717) is 5.56 Å². The molecule has 5 nitrogen and oxygen atoms in total. The summed E-state index contributed by atoms with van der Waals surface area (Å²) in [7, 11) is 0. The molecule has 0 atom stereocenters. The number of hydrogen-bond donors (Lipinski definition) is 2. The zero-order valence-corrected chi connectivity index (χ0v) is 9.21. The Hall–Kier alpha value is -2.14. The Bertz CT molecular complexity index is 494. The van der Waals surface area contributed by atoms with Gasteiger partial charge in [0.15, 0.2) is 0 Å². The van der Waals surface area contributed by atoms with Gasteiger partial charge in [-0.25, -0.2) is 4.68 Å². The molecule has 0 unspecified atom stereocenters. The highest BCUT2D eigenvalue weighted by Crippen LogP contribution is 2.09. The molecule has 0 fully saturated rings. The first-order valence-electron chi connectivity index (χ1n) is 5.30. The lowest BCUT2D eigenvalue weighted by atomic mass is 10.2. The van der Waals surface area contributed by atoms with Crippen LogP contribution >= 0.6 is 0 Å². The van der Waals surface area contributed by atoms with E-state index < -0.39 is 0 Å². The molecule has 1 aromatic carbocycles. The summed E-state index contributed by atoms with van der Waals surface area (Å²) in [5.74, 6) is -0.201. The van der Waals surface area contributed by atoms with Crippen molar-refractivity contribution in [2.75, 3.05) is 13.2 Å². The van der Waals surface area contributed by atoms with Crippen LogP contribution in [0.15, 0.2) is 42.7 Å². The predicted molar refractivity (Wildman–Crippen MR) is 63.0 cm³/mol. The normalized spacial score (nSPS) is 10.2. The molecule has 88 valence electrons. The summed E-state index contributed by atoms with van der Waals surface area (Å²) in [5, 5.41) is 15.3. The van der Waals surface area contributed by atoms with Crippen LogP contribution in [0.1, 0.15) is 10.4 Å². The molecule has 1 aromatic heterocycles. The average Bonchev–Trinajstić information content (AvgIpc) is 2.90. The molecule has 0 aliphatic heterocycles. The fourth-order valence-corrected chi connectivity index (χ4v) is 1.48. The lowest BCUT2D eigenvalue weighted by Gasteiger charge is -2.05. The van der Waals surface area contributed by atoms with Crippen LogP contribution in [-0.2, 0) is 0 Å². The maximum Gasteiger partial charge on any atom is 0.251 e. The van der Waals surface area contributed by atoms with Crippen molar-refractivity contribution in [3.05, 3.63) is 48.3 Å². The van der Waals surface area contributed by atoms with Gasteiger partial charge in [0.2, 0.25) is 0 Å². The molecule has 0 aliphatic rings. The van der Waals surface area contributed by atoms with Crippen LogP contribution in [0.25, 0.3) is 5.69 Å². The molecular weight excluding hydrogens is 218 g/mol. The quantitative estimate of drug-likeness (QED) is 0.809. The second kappa shape index (κ2) is 5.27. The molecule has 17 heavy (non-hydrogen) atoms. The molecule has 0 radical (unpaired) electrons. The van der Waals surface area contributed by atoms with E-state index in [1.165, 1.54) is 0 Å². The molecule has 2 N–H and O–H groups in total. The lowest BCUT2D eigenvalue weighted by Crippen LogP contribution is -2.26. The number of aliphatic hydroxyl groups excluding tert-OH is 1. The first-order chi connectivity index (χ1) is 8.31. The molecule has 1 heterocycles. The van der Waals surface area contributed by atoms with Crippen LogP contribution in [0.2, 0.25) is 0 Å². The van der Waals surface area contributed by atoms with Crippen molar-refractivity contribution in [3.63, 3.8) is 0 Å². The van der Waals surface area contributed by atoms with Gasteiger partial charge in [-0.1, -0.05) is 6.07 Å². The predicted octanol–water partition coefficient (Wildman–Crippen LogP) is 0.594. The van der Waals surface area contributed by atoms with Crippen molar-refractivity contribution in [1.82, 2.24) is 15.1 Å². The molecule has 5 heteroatoms. The number of carbonyl (C=O) groups excluding carboxylic acids is 1. The van der Waals surface area contributed by atoms with Gasteiger partial charge in [-0.05, 0) is 24.3 Å². The minimum atomic E-state index is -0.201. The van der Waals surface area contributed by atoms with Gasteiger partial charge in [0.25, 0.3) is 5.91 Å². The Morgan fingerprint density at radius 3 is 3.00 bits per heavy atom. The van der Waals surface area contributed by atoms with E-state index in [1.807, 2.05) is 18.3 Å². The number of nitrogens with one attached hydrogen (secondary N) is 1.